The first-order valence-electron chi connectivity index (χ1n) is 17.6. The molecule has 0 saturated heterocycles. The van der Waals surface area contributed by atoms with E-state index in [1.54, 1.807) is 12.1 Å². The largest absolute Gasteiger partial charge is 0.395 e. The summed E-state index contributed by atoms with van der Waals surface area (Å²) >= 11 is 0. The Labute approximate surface area is 336 Å². The van der Waals surface area contributed by atoms with E-state index in [2.05, 4.69) is 39.8 Å². The highest BCUT2D eigenvalue weighted by Gasteiger charge is 2.09. The molecule has 2 amide bonds. The van der Waals surface area contributed by atoms with Crippen molar-refractivity contribution in [3.05, 3.63) is 153 Å². The molecule has 4 N–H and O–H groups in total. The molecule has 0 fully saturated rings. The van der Waals surface area contributed by atoms with Crippen molar-refractivity contribution in [3.63, 3.8) is 0 Å². The number of carbonyl (C=O) groups excluding carboxylic acids is 3. The van der Waals surface area contributed by atoms with Crippen molar-refractivity contribution >= 4 is 41.2 Å². The van der Waals surface area contributed by atoms with Crippen molar-refractivity contribution in [2.24, 2.45) is 0 Å². The van der Waals surface area contributed by atoms with Crippen molar-refractivity contribution in [3.8, 4) is 0 Å². The number of amides is 2. The number of carbonyl (C=O) groups is 3. The molecule has 3 rings (SSSR count). The fourth-order valence-electron chi connectivity index (χ4n) is 4.19. The summed E-state index contributed by atoms with van der Waals surface area (Å²) in [5.74, 6) is -0.832. The maximum Gasteiger partial charge on any atom is 0.300 e. The van der Waals surface area contributed by atoms with Crippen LogP contribution in [-0.2, 0) is 9.59 Å². The summed E-state index contributed by atoms with van der Waals surface area (Å²) in [5, 5.41) is 21.6. The maximum absolute atomic E-state index is 11.7. The summed E-state index contributed by atoms with van der Waals surface area (Å²) in [4.78, 5) is 54.5. The van der Waals surface area contributed by atoms with Crippen LogP contribution in [0.15, 0.2) is 84.6 Å². The molecule has 0 radical (unpaired) electrons. The van der Waals surface area contributed by atoms with Crippen LogP contribution in [0.4, 0.5) is 17.1 Å². The Balaban J connectivity index is 0.000000777. The summed E-state index contributed by atoms with van der Waals surface area (Å²) in [7, 11) is 5.84. The molecule has 3 aromatic carbocycles. The van der Waals surface area contributed by atoms with Crippen LogP contribution in [0.2, 0.25) is 0 Å². The normalized spacial score (nSPS) is 9.44. The topological polar surface area (TPSA) is 147 Å². The fourth-order valence-corrected chi connectivity index (χ4v) is 4.19. The molecular weight excluding hydrogens is 725 g/mol. The highest BCUT2D eigenvalue weighted by molar-refractivity contribution is 5.99. The number of aliphatic hydroxyl groups is 2. The summed E-state index contributed by atoms with van der Waals surface area (Å²) < 4.78 is 0. The minimum atomic E-state index is -0.498. The van der Waals surface area contributed by atoms with Gasteiger partial charge in [-0.3, -0.25) is 14.4 Å². The molecule has 0 aliphatic heterocycles. The van der Waals surface area contributed by atoms with Crippen molar-refractivity contribution < 1.29 is 24.6 Å². The molecule has 3 aromatic rings. The lowest BCUT2D eigenvalue weighted by Crippen LogP contribution is -2.27. The van der Waals surface area contributed by atoms with Crippen molar-refractivity contribution in [2.45, 2.75) is 0 Å². The molecule has 0 spiro atoms. The number of aldehydes is 1. The highest BCUT2D eigenvalue weighted by Crippen LogP contribution is 2.16. The number of likely N-dealkylation sites (N-methyl/N-ethyl adjacent to an activating group) is 3. The molecule has 15 heteroatoms. The van der Waals surface area contributed by atoms with Gasteiger partial charge < -0.3 is 54.9 Å². The third-order valence-electron chi connectivity index (χ3n) is 7.35. The predicted molar refractivity (Wildman–Crippen MR) is 225 cm³/mol. The predicted octanol–water partition coefficient (Wildman–Crippen LogP) is 4.32. The molecule has 0 unspecified atom stereocenters. The lowest BCUT2D eigenvalue weighted by Gasteiger charge is -2.16. The number of hydrogen-bond acceptors (Lipinski definition) is 8. The third-order valence-corrected chi connectivity index (χ3v) is 7.35. The number of anilines is 3. The van der Waals surface area contributed by atoms with E-state index in [9.17, 15) is 14.4 Å². The van der Waals surface area contributed by atoms with E-state index < -0.39 is 5.91 Å². The van der Waals surface area contributed by atoms with E-state index >= 15 is 0 Å². The third kappa shape index (κ3) is 23.2. The zero-order valence-electron chi connectivity index (χ0n) is 32.6. The van der Waals surface area contributed by atoms with Crippen LogP contribution in [0.25, 0.3) is 30.3 Å². The molecule has 0 atom stereocenters. The highest BCUT2D eigenvalue weighted by atomic mass is 16.3. The van der Waals surface area contributed by atoms with Crippen LogP contribution in [0.5, 0.6) is 0 Å². The number of nitrogens with zero attached hydrogens (tertiary/aromatic N) is 8. The van der Waals surface area contributed by atoms with E-state index in [1.165, 1.54) is 11.8 Å². The van der Waals surface area contributed by atoms with Gasteiger partial charge in [0.25, 0.3) is 18.1 Å². The summed E-state index contributed by atoms with van der Waals surface area (Å²) in [6, 6.07) is 24.8. The number of aliphatic hydroxyl groups excluding tert-OH is 2. The van der Waals surface area contributed by atoms with Crippen molar-refractivity contribution in [1.29, 1.82) is 0 Å². The van der Waals surface area contributed by atoms with E-state index in [0.29, 0.717) is 38.3 Å². The van der Waals surface area contributed by atoms with Gasteiger partial charge in [0.1, 0.15) is 6.29 Å². The molecule has 0 heterocycles. The minimum absolute atomic E-state index is 0.0254. The first kappa shape index (κ1) is 49.8. The van der Waals surface area contributed by atoms with Gasteiger partial charge in [0.2, 0.25) is 25.5 Å². The number of para-hydroxylation sites is 1. The van der Waals surface area contributed by atoms with Gasteiger partial charge in [-0.05, 0) is 60.2 Å². The number of hydrogen-bond donors (Lipinski definition) is 4. The molecule has 15 nitrogen and oxygen atoms in total. The van der Waals surface area contributed by atoms with E-state index in [1.807, 2.05) is 97.7 Å². The van der Waals surface area contributed by atoms with Gasteiger partial charge in [0.15, 0.2) is 0 Å². The molecule has 57 heavy (non-hydrogen) atoms. The zero-order valence-corrected chi connectivity index (χ0v) is 32.6. The van der Waals surface area contributed by atoms with Crippen LogP contribution >= 0.6 is 0 Å². The van der Waals surface area contributed by atoms with E-state index in [0.717, 1.165) is 29.8 Å². The second-order valence-corrected chi connectivity index (χ2v) is 11.6. The molecule has 298 valence electrons. The second kappa shape index (κ2) is 32.2. The van der Waals surface area contributed by atoms with Crippen molar-refractivity contribution in [1.82, 2.24) is 10.6 Å². The Morgan fingerprint density at radius 3 is 1.42 bits per heavy atom. The summed E-state index contributed by atoms with van der Waals surface area (Å²) in [6.45, 7) is 37.1. The van der Waals surface area contributed by atoms with Crippen LogP contribution in [0.1, 0.15) is 15.9 Å². The monoisotopic (exact) mass is 774 g/mol. The summed E-state index contributed by atoms with van der Waals surface area (Å²) in [5.41, 5.74) is 4.55. The molecular formula is C42H50N10O5. The van der Waals surface area contributed by atoms with Gasteiger partial charge >= 0.3 is 0 Å². The Morgan fingerprint density at radius 2 is 1.04 bits per heavy atom. The van der Waals surface area contributed by atoms with Gasteiger partial charge in [-0.15, -0.1) is 0 Å². The van der Waals surface area contributed by atoms with Crippen LogP contribution in [-0.4, -0.2) is 122 Å². The first-order valence-corrected chi connectivity index (χ1v) is 17.6. The molecule has 0 saturated carbocycles. The number of benzene rings is 3. The lowest BCUT2D eigenvalue weighted by atomic mass is 10.1. The quantitative estimate of drug-likeness (QED) is 0.0902. The average molecular weight is 775 g/mol. The number of nitrogens with one attached hydrogen (secondary N) is 2. The van der Waals surface area contributed by atoms with Crippen LogP contribution in [0.3, 0.4) is 0 Å². The van der Waals surface area contributed by atoms with E-state index in [-0.39, 0.29) is 44.5 Å². The van der Waals surface area contributed by atoms with Gasteiger partial charge in [0.05, 0.1) is 39.4 Å². The lowest BCUT2D eigenvalue weighted by molar-refractivity contribution is -0.119. The number of rotatable bonds is 17. The Morgan fingerprint density at radius 1 is 0.614 bits per heavy atom. The average Bonchev–Trinajstić information content (AvgIpc) is 3.25. The minimum Gasteiger partial charge on any atom is -0.395 e. The Kier molecular flexibility index (Phi) is 28.1. The SMILES string of the molecule is [C-]#[N+]CC(=O)NCCO.[C-]#[N+]CCN(C)c1ccc(/C=C(\[N+]#[C-])C(=O)NCCO)cc1.[C-]#[N+]CCN(C)c1ccc(C=O)cc1.[C-]#[N+]CCN(C)c1ccccc1. The van der Waals surface area contributed by atoms with Crippen LogP contribution in [0, 0.1) is 32.9 Å². The van der Waals surface area contributed by atoms with Gasteiger partial charge in [0, 0.05) is 56.9 Å². The zero-order chi connectivity index (χ0) is 42.7. The van der Waals surface area contributed by atoms with Crippen LogP contribution < -0.4 is 25.3 Å². The standard InChI is InChI=1S/C16H18N4O2.C11H12N2O.C10H12N2.C5H8N2O2/c1-17-8-10-20(3)14-6-4-13(5-7-14)12-15(18-2)16(22)19-9-11-21;1-12-7-8-13(2)11-5-3-10(9-14)4-6-11;1-11-8-9-12(2)10-6-4-3-5-7-10;1-6-4-5(9)7-2-3-8/h4-7,12,21H,8-11H2,3H3,(H,19,22);3-6,9H,7-8H2,2H3;3-7H,8-9H2,2H3;8H,2-4H2,(H,7,9)/b15-12-;;;. The van der Waals surface area contributed by atoms with Gasteiger partial charge in [-0.1, -0.05) is 30.3 Å². The van der Waals surface area contributed by atoms with Gasteiger partial charge in [-0.2, -0.15) is 0 Å². The Hall–Kier alpha value is -7.22. The van der Waals surface area contributed by atoms with Gasteiger partial charge in [-0.25, -0.2) is 31.1 Å². The molecule has 0 bridgehead atoms. The second-order valence-electron chi connectivity index (χ2n) is 11.6. The molecule has 0 aliphatic carbocycles. The molecule has 0 aliphatic rings. The van der Waals surface area contributed by atoms with Crippen molar-refractivity contribution in [2.75, 3.05) is 108 Å². The Bertz CT molecular complexity index is 1850. The summed E-state index contributed by atoms with van der Waals surface area (Å²) in [6.07, 6.45) is 2.32. The fraction of sp³-hybridized carbons (Fsp3) is 0.333. The molecule has 0 aromatic heterocycles. The maximum atomic E-state index is 11.7. The smallest absolute Gasteiger partial charge is 0.300 e. The first-order chi connectivity index (χ1) is 27.5. The van der Waals surface area contributed by atoms with E-state index in [4.69, 9.17) is 43.1 Å².